The zero-order valence-electron chi connectivity index (χ0n) is 12.5. The van der Waals surface area contributed by atoms with Crippen LogP contribution in [0.4, 0.5) is 0 Å². The van der Waals surface area contributed by atoms with E-state index in [0.717, 1.165) is 5.06 Å². The van der Waals surface area contributed by atoms with Crippen LogP contribution >= 0.6 is 23.2 Å². The highest BCUT2D eigenvalue weighted by Gasteiger charge is 2.62. The van der Waals surface area contributed by atoms with E-state index in [9.17, 15) is 5.21 Å². The van der Waals surface area contributed by atoms with Gasteiger partial charge in [0, 0.05) is 0 Å². The Morgan fingerprint density at radius 1 is 1.05 bits per heavy atom. The first-order chi connectivity index (χ1) is 9.61. The molecule has 0 saturated carbocycles. The molecule has 0 aliphatic carbocycles. The van der Waals surface area contributed by atoms with Gasteiger partial charge < -0.3 is 24.2 Å². The average molecular weight is 342 g/mol. The highest BCUT2D eigenvalue weighted by atomic mass is 35.5. The SMILES string of the molecule is CC1(C)O[C@@H]2[C@H](O1)[C@@H](C(Cl)Cl)N(O)[C@H]2[C@@H]1COC(C)(C)O1. The summed E-state index contributed by atoms with van der Waals surface area (Å²) in [5, 5.41) is 11.6. The van der Waals surface area contributed by atoms with E-state index in [4.69, 9.17) is 42.1 Å². The van der Waals surface area contributed by atoms with Crippen molar-refractivity contribution in [2.24, 2.45) is 0 Å². The number of ether oxygens (including phenoxy) is 4. The van der Waals surface area contributed by atoms with Crippen molar-refractivity contribution in [1.29, 1.82) is 0 Å². The minimum absolute atomic E-state index is 0.341. The molecule has 0 bridgehead atoms. The van der Waals surface area contributed by atoms with Crippen LogP contribution in [-0.2, 0) is 18.9 Å². The Kier molecular flexibility index (Phi) is 3.99. The van der Waals surface area contributed by atoms with Crippen molar-refractivity contribution in [3.8, 4) is 0 Å². The molecule has 3 fully saturated rings. The van der Waals surface area contributed by atoms with Crippen LogP contribution in [0.25, 0.3) is 0 Å². The van der Waals surface area contributed by atoms with Crippen LogP contribution < -0.4 is 0 Å². The molecule has 0 aromatic heterocycles. The molecule has 3 rings (SSSR count). The van der Waals surface area contributed by atoms with Crippen molar-refractivity contribution in [2.75, 3.05) is 6.61 Å². The van der Waals surface area contributed by atoms with Gasteiger partial charge in [-0.05, 0) is 27.7 Å². The largest absolute Gasteiger partial charge is 0.348 e. The van der Waals surface area contributed by atoms with Gasteiger partial charge in [0.05, 0.1) is 18.7 Å². The second-order valence-electron chi connectivity index (χ2n) is 6.63. The number of halogens is 2. The molecule has 0 radical (unpaired) electrons. The summed E-state index contributed by atoms with van der Waals surface area (Å²) in [6.45, 7) is 7.69. The van der Waals surface area contributed by atoms with Crippen molar-refractivity contribution in [1.82, 2.24) is 5.06 Å². The standard InChI is InChI=1S/C13H21Cl2NO5/c1-12(2)18-5-6(19-12)7-9-10(21-13(3,4)20-9)8(11(14)15)16(7)17/h6-11,17H,5H2,1-4H3/t6-,7-,8-,9-,10+/m0/s1. The molecule has 0 aromatic carbocycles. The lowest BCUT2D eigenvalue weighted by molar-refractivity contribution is -0.233. The Bertz CT molecular complexity index is 417. The predicted molar refractivity (Wildman–Crippen MR) is 75.4 cm³/mol. The van der Waals surface area contributed by atoms with E-state index in [1.807, 2.05) is 27.7 Å². The van der Waals surface area contributed by atoms with Crippen LogP contribution in [0.3, 0.4) is 0 Å². The molecule has 0 unspecified atom stereocenters. The van der Waals surface area contributed by atoms with E-state index in [2.05, 4.69) is 0 Å². The molecule has 3 aliphatic rings. The molecule has 3 aliphatic heterocycles. The number of alkyl halides is 2. The van der Waals surface area contributed by atoms with Gasteiger partial charge in [0.1, 0.15) is 23.1 Å². The van der Waals surface area contributed by atoms with Crippen LogP contribution in [0.15, 0.2) is 0 Å². The van der Waals surface area contributed by atoms with E-state index in [0.29, 0.717) is 6.61 Å². The number of rotatable bonds is 2. The van der Waals surface area contributed by atoms with Crippen LogP contribution in [0, 0.1) is 0 Å². The van der Waals surface area contributed by atoms with Gasteiger partial charge in [0.2, 0.25) is 0 Å². The van der Waals surface area contributed by atoms with Gasteiger partial charge in [-0.3, -0.25) is 0 Å². The maximum Gasteiger partial charge on any atom is 0.163 e. The van der Waals surface area contributed by atoms with E-state index in [1.54, 1.807) is 0 Å². The van der Waals surface area contributed by atoms with Gasteiger partial charge in [0.15, 0.2) is 11.6 Å². The summed E-state index contributed by atoms with van der Waals surface area (Å²) in [6.07, 6.45) is -1.13. The first-order valence-electron chi connectivity index (χ1n) is 7.04. The summed E-state index contributed by atoms with van der Waals surface area (Å²) in [6, 6.07) is -1.01. The Balaban J connectivity index is 1.86. The van der Waals surface area contributed by atoms with Gasteiger partial charge in [-0.15, -0.1) is 23.2 Å². The molecule has 122 valence electrons. The second-order valence-corrected chi connectivity index (χ2v) is 7.79. The van der Waals surface area contributed by atoms with Crippen LogP contribution in [0.1, 0.15) is 27.7 Å². The van der Waals surface area contributed by atoms with Crippen molar-refractivity contribution in [2.45, 2.75) is 74.5 Å². The molecule has 0 spiro atoms. The Hall–Kier alpha value is 0.340. The Labute approximate surface area is 134 Å². The molecule has 3 saturated heterocycles. The summed E-state index contributed by atoms with van der Waals surface area (Å²) >= 11 is 12.0. The second kappa shape index (κ2) is 5.18. The summed E-state index contributed by atoms with van der Waals surface area (Å²) in [5.41, 5.74) is 0. The zero-order chi connectivity index (χ0) is 15.6. The molecule has 5 atom stereocenters. The van der Waals surface area contributed by atoms with Crippen molar-refractivity contribution in [3.63, 3.8) is 0 Å². The summed E-state index contributed by atoms with van der Waals surface area (Å²) < 4.78 is 23.3. The number of fused-ring (bicyclic) bond motifs is 1. The van der Waals surface area contributed by atoms with E-state index >= 15 is 0 Å². The highest BCUT2D eigenvalue weighted by molar-refractivity contribution is 6.44. The highest BCUT2D eigenvalue weighted by Crippen LogP contribution is 2.44. The van der Waals surface area contributed by atoms with E-state index in [-0.39, 0.29) is 12.2 Å². The summed E-state index contributed by atoms with van der Waals surface area (Å²) in [5.74, 6) is -1.43. The van der Waals surface area contributed by atoms with Crippen LogP contribution in [0.2, 0.25) is 0 Å². The Morgan fingerprint density at radius 3 is 2.19 bits per heavy atom. The lowest BCUT2D eigenvalue weighted by atomic mass is 10.0. The normalized spacial score (nSPS) is 45.4. The van der Waals surface area contributed by atoms with Gasteiger partial charge in [-0.25, -0.2) is 0 Å². The third-order valence-electron chi connectivity index (χ3n) is 4.12. The number of hydrogen-bond acceptors (Lipinski definition) is 6. The third-order valence-corrected chi connectivity index (χ3v) is 4.63. The molecular weight excluding hydrogens is 321 g/mol. The molecule has 3 heterocycles. The monoisotopic (exact) mass is 341 g/mol. The molecular formula is C13H21Cl2NO5. The average Bonchev–Trinajstić information content (AvgIpc) is 2.86. The molecule has 6 nitrogen and oxygen atoms in total. The smallest absolute Gasteiger partial charge is 0.163 e. The fourth-order valence-electron chi connectivity index (χ4n) is 3.37. The Morgan fingerprint density at radius 2 is 1.67 bits per heavy atom. The molecule has 0 amide bonds. The first kappa shape index (κ1) is 16.2. The summed E-state index contributed by atoms with van der Waals surface area (Å²) in [4.78, 5) is -0.805. The molecule has 21 heavy (non-hydrogen) atoms. The predicted octanol–water partition coefficient (Wildman–Crippen LogP) is 1.90. The number of hydroxylamine groups is 2. The van der Waals surface area contributed by atoms with Gasteiger partial charge in [-0.2, -0.15) is 5.06 Å². The van der Waals surface area contributed by atoms with Gasteiger partial charge in [-0.1, -0.05) is 0 Å². The van der Waals surface area contributed by atoms with E-state index in [1.165, 1.54) is 0 Å². The number of hydrogen-bond donors (Lipinski definition) is 1. The summed E-state index contributed by atoms with van der Waals surface area (Å²) in [7, 11) is 0. The minimum Gasteiger partial charge on any atom is -0.348 e. The van der Waals surface area contributed by atoms with Gasteiger partial charge in [0.25, 0.3) is 0 Å². The fourth-order valence-corrected chi connectivity index (χ4v) is 3.89. The quantitative estimate of drug-likeness (QED) is 0.774. The van der Waals surface area contributed by atoms with E-state index < -0.39 is 34.6 Å². The van der Waals surface area contributed by atoms with Crippen molar-refractivity contribution >= 4 is 23.2 Å². The lowest BCUT2D eigenvalue weighted by Crippen LogP contribution is -2.49. The molecule has 0 aromatic rings. The number of nitrogens with zero attached hydrogens (tertiary/aromatic N) is 1. The minimum atomic E-state index is -0.805. The van der Waals surface area contributed by atoms with Gasteiger partial charge >= 0.3 is 0 Å². The van der Waals surface area contributed by atoms with Crippen LogP contribution in [-0.4, -0.2) is 63.7 Å². The first-order valence-corrected chi connectivity index (χ1v) is 7.91. The lowest BCUT2D eigenvalue weighted by Gasteiger charge is -2.32. The topological polar surface area (TPSA) is 60.4 Å². The molecule has 8 heteroatoms. The van der Waals surface area contributed by atoms with Crippen LogP contribution in [0.5, 0.6) is 0 Å². The zero-order valence-corrected chi connectivity index (χ0v) is 14.0. The fraction of sp³-hybridized carbons (Fsp3) is 1.00. The van der Waals surface area contributed by atoms with Crippen molar-refractivity contribution < 1.29 is 24.2 Å². The molecule has 1 N–H and O–H groups in total. The maximum atomic E-state index is 10.5. The van der Waals surface area contributed by atoms with Crippen molar-refractivity contribution in [3.05, 3.63) is 0 Å². The third kappa shape index (κ3) is 2.81. The maximum absolute atomic E-state index is 10.5.